The first kappa shape index (κ1) is 16.3. The molecule has 1 amide bonds. The summed E-state index contributed by atoms with van der Waals surface area (Å²) in [6.45, 7) is 3.92. The van der Waals surface area contributed by atoms with Gasteiger partial charge in [0.2, 0.25) is 5.91 Å². The number of aromatic amines is 1. The molecule has 2 aromatic rings. The van der Waals surface area contributed by atoms with Gasteiger partial charge in [-0.1, -0.05) is 30.3 Å². The first-order valence-electron chi connectivity index (χ1n) is 9.30. The lowest BCUT2D eigenvalue weighted by atomic mass is 9.93. The van der Waals surface area contributed by atoms with Gasteiger partial charge in [0, 0.05) is 25.0 Å². The van der Waals surface area contributed by atoms with Crippen LogP contribution in [0.5, 0.6) is 0 Å². The fraction of sp³-hybridized carbons (Fsp3) is 0.500. The smallest absolute Gasteiger partial charge is 0.230 e. The standard InChI is InChI=1S/C20H26N4O/c25-19(20(8-9-20)17-4-2-1-3-5-17)22-12-16-6-10-24(11-7-16)14-18-13-21-15-23-18/h1-5,13,15-16H,6-12,14H2,(H,21,23)(H,22,25). The number of hydrogen-bond acceptors (Lipinski definition) is 3. The number of nitrogens with one attached hydrogen (secondary N) is 2. The normalized spacial score (nSPS) is 20.3. The van der Waals surface area contributed by atoms with Gasteiger partial charge in [0.05, 0.1) is 11.7 Å². The number of nitrogens with zero attached hydrogens (tertiary/aromatic N) is 2. The van der Waals surface area contributed by atoms with Crippen molar-refractivity contribution in [3.05, 3.63) is 54.1 Å². The molecule has 2 N–H and O–H groups in total. The number of likely N-dealkylation sites (tertiary alicyclic amines) is 1. The van der Waals surface area contributed by atoms with Crippen LogP contribution in [0.25, 0.3) is 0 Å². The molecule has 1 aromatic carbocycles. The van der Waals surface area contributed by atoms with E-state index in [2.05, 4.69) is 32.3 Å². The molecule has 0 unspecified atom stereocenters. The van der Waals surface area contributed by atoms with Crippen LogP contribution in [0, 0.1) is 5.92 Å². The molecule has 1 saturated carbocycles. The van der Waals surface area contributed by atoms with E-state index in [9.17, 15) is 4.79 Å². The Labute approximate surface area is 148 Å². The molecule has 2 aliphatic rings. The summed E-state index contributed by atoms with van der Waals surface area (Å²) in [5.41, 5.74) is 2.09. The number of carbonyl (C=O) groups is 1. The molecule has 5 heteroatoms. The number of carbonyl (C=O) groups excluding carboxylic acids is 1. The molecular formula is C20H26N4O. The van der Waals surface area contributed by atoms with Crippen LogP contribution < -0.4 is 5.32 Å². The highest BCUT2D eigenvalue weighted by atomic mass is 16.2. The van der Waals surface area contributed by atoms with Crippen LogP contribution >= 0.6 is 0 Å². The molecule has 25 heavy (non-hydrogen) atoms. The second-order valence-corrected chi connectivity index (χ2v) is 7.45. The summed E-state index contributed by atoms with van der Waals surface area (Å²) in [6.07, 6.45) is 7.87. The molecule has 5 nitrogen and oxygen atoms in total. The quantitative estimate of drug-likeness (QED) is 0.851. The molecule has 4 rings (SSSR count). The molecule has 1 aliphatic carbocycles. The van der Waals surface area contributed by atoms with Crippen LogP contribution in [0.15, 0.2) is 42.9 Å². The Bertz CT molecular complexity index is 686. The monoisotopic (exact) mass is 338 g/mol. The molecule has 2 fully saturated rings. The van der Waals surface area contributed by atoms with E-state index in [1.54, 1.807) is 6.33 Å². The van der Waals surface area contributed by atoms with Crippen molar-refractivity contribution in [3.8, 4) is 0 Å². The van der Waals surface area contributed by atoms with Gasteiger partial charge in [-0.05, 0) is 50.3 Å². The summed E-state index contributed by atoms with van der Waals surface area (Å²) in [4.78, 5) is 22.4. The summed E-state index contributed by atoms with van der Waals surface area (Å²) in [5.74, 6) is 0.812. The van der Waals surface area contributed by atoms with Crippen LogP contribution in [0.3, 0.4) is 0 Å². The fourth-order valence-corrected chi connectivity index (χ4v) is 3.90. The second-order valence-electron chi connectivity index (χ2n) is 7.45. The maximum atomic E-state index is 12.7. The highest BCUT2D eigenvalue weighted by Gasteiger charge is 2.51. The summed E-state index contributed by atoms with van der Waals surface area (Å²) >= 11 is 0. The third-order valence-corrected chi connectivity index (χ3v) is 5.72. The third-order valence-electron chi connectivity index (χ3n) is 5.72. The van der Waals surface area contributed by atoms with Crippen molar-refractivity contribution in [1.82, 2.24) is 20.2 Å². The minimum Gasteiger partial charge on any atom is -0.355 e. The van der Waals surface area contributed by atoms with E-state index < -0.39 is 0 Å². The van der Waals surface area contributed by atoms with Crippen LogP contribution in [-0.4, -0.2) is 40.4 Å². The van der Waals surface area contributed by atoms with E-state index in [0.717, 1.165) is 51.9 Å². The van der Waals surface area contributed by atoms with Crippen molar-refractivity contribution in [3.63, 3.8) is 0 Å². The van der Waals surface area contributed by atoms with Gasteiger partial charge >= 0.3 is 0 Å². The molecule has 1 saturated heterocycles. The van der Waals surface area contributed by atoms with Crippen molar-refractivity contribution in [1.29, 1.82) is 0 Å². The molecule has 1 aliphatic heterocycles. The maximum Gasteiger partial charge on any atom is 0.230 e. The SMILES string of the molecule is O=C(NCC1CCN(Cc2cnc[nH]2)CC1)C1(c2ccccc2)CC1. The summed E-state index contributed by atoms with van der Waals surface area (Å²) in [5, 5.41) is 3.24. The lowest BCUT2D eigenvalue weighted by Gasteiger charge is -2.32. The lowest BCUT2D eigenvalue weighted by Crippen LogP contribution is -2.41. The van der Waals surface area contributed by atoms with Crippen molar-refractivity contribution in [2.45, 2.75) is 37.6 Å². The molecule has 0 bridgehead atoms. The Kier molecular flexibility index (Phi) is 4.57. The van der Waals surface area contributed by atoms with Crippen LogP contribution in [0.4, 0.5) is 0 Å². The molecule has 0 radical (unpaired) electrons. The van der Waals surface area contributed by atoms with Gasteiger partial charge < -0.3 is 10.3 Å². The minimum absolute atomic E-state index is 0.221. The molecular weight excluding hydrogens is 312 g/mol. The van der Waals surface area contributed by atoms with Gasteiger partial charge in [-0.2, -0.15) is 0 Å². The van der Waals surface area contributed by atoms with Crippen molar-refractivity contribution in [2.24, 2.45) is 5.92 Å². The number of amides is 1. The first-order valence-corrected chi connectivity index (χ1v) is 9.30. The number of aromatic nitrogens is 2. The fourth-order valence-electron chi connectivity index (χ4n) is 3.90. The molecule has 0 atom stereocenters. The topological polar surface area (TPSA) is 61.0 Å². The van der Waals surface area contributed by atoms with E-state index in [4.69, 9.17) is 0 Å². The lowest BCUT2D eigenvalue weighted by molar-refractivity contribution is -0.123. The van der Waals surface area contributed by atoms with E-state index in [-0.39, 0.29) is 11.3 Å². The van der Waals surface area contributed by atoms with Gasteiger partial charge in [-0.3, -0.25) is 9.69 Å². The maximum absolute atomic E-state index is 12.7. The number of rotatable bonds is 6. The second kappa shape index (κ2) is 7.00. The largest absolute Gasteiger partial charge is 0.355 e. The minimum atomic E-state index is -0.247. The van der Waals surface area contributed by atoms with Crippen LogP contribution in [-0.2, 0) is 16.8 Å². The number of benzene rings is 1. The predicted octanol–water partition coefficient (Wildman–Crippen LogP) is 2.47. The third kappa shape index (κ3) is 3.61. The molecule has 2 heterocycles. The summed E-state index contributed by atoms with van der Waals surface area (Å²) in [7, 11) is 0. The average molecular weight is 338 g/mol. The van der Waals surface area contributed by atoms with Gasteiger partial charge in [-0.25, -0.2) is 4.98 Å². The Morgan fingerprint density at radius 3 is 2.64 bits per heavy atom. The zero-order valence-corrected chi connectivity index (χ0v) is 14.6. The molecule has 0 spiro atoms. The van der Waals surface area contributed by atoms with Gasteiger partial charge in [0.15, 0.2) is 0 Å². The number of H-pyrrole nitrogens is 1. The summed E-state index contributed by atoms with van der Waals surface area (Å²) in [6, 6.07) is 10.2. The van der Waals surface area contributed by atoms with Gasteiger partial charge in [0.25, 0.3) is 0 Å². The van der Waals surface area contributed by atoms with Crippen molar-refractivity contribution >= 4 is 5.91 Å². The van der Waals surface area contributed by atoms with Crippen molar-refractivity contribution < 1.29 is 4.79 Å². The summed E-state index contributed by atoms with van der Waals surface area (Å²) < 4.78 is 0. The Morgan fingerprint density at radius 2 is 2.00 bits per heavy atom. The number of hydrogen-bond donors (Lipinski definition) is 2. The van der Waals surface area contributed by atoms with E-state index in [1.165, 1.54) is 11.3 Å². The highest BCUT2D eigenvalue weighted by Crippen LogP contribution is 2.48. The van der Waals surface area contributed by atoms with Crippen molar-refractivity contribution in [2.75, 3.05) is 19.6 Å². The van der Waals surface area contributed by atoms with E-state index in [1.807, 2.05) is 24.4 Å². The Hall–Kier alpha value is -2.14. The molecule has 132 valence electrons. The van der Waals surface area contributed by atoms with E-state index >= 15 is 0 Å². The average Bonchev–Trinajstić information content (AvgIpc) is 3.32. The zero-order valence-electron chi connectivity index (χ0n) is 14.6. The van der Waals surface area contributed by atoms with Gasteiger partial charge in [0.1, 0.15) is 0 Å². The Balaban J connectivity index is 1.24. The predicted molar refractivity (Wildman–Crippen MR) is 97.0 cm³/mol. The van der Waals surface area contributed by atoms with E-state index in [0.29, 0.717) is 5.92 Å². The Morgan fingerprint density at radius 1 is 1.24 bits per heavy atom. The van der Waals surface area contributed by atoms with Crippen LogP contribution in [0.1, 0.15) is 36.9 Å². The van der Waals surface area contributed by atoms with Crippen LogP contribution in [0.2, 0.25) is 0 Å². The highest BCUT2D eigenvalue weighted by molar-refractivity contribution is 5.91. The number of piperidine rings is 1. The molecule has 1 aromatic heterocycles. The first-order chi connectivity index (χ1) is 12.3. The zero-order chi connectivity index (χ0) is 17.1. The number of imidazole rings is 1. The van der Waals surface area contributed by atoms with Gasteiger partial charge in [-0.15, -0.1) is 0 Å².